The van der Waals surface area contributed by atoms with Gasteiger partial charge in [-0.25, -0.2) is 4.79 Å². The maximum Gasteiger partial charge on any atom is 0.417 e. The second-order valence-corrected chi connectivity index (χ2v) is 3.91. The number of aryl methyl sites for hydroxylation is 1. The molecule has 3 aromatic rings. The fraction of sp³-hybridized carbons (Fsp3) is 0.167. The van der Waals surface area contributed by atoms with Crippen LogP contribution in [0, 0.1) is 0 Å². The van der Waals surface area contributed by atoms with Crippen molar-refractivity contribution in [2.75, 3.05) is 5.73 Å². The summed E-state index contributed by atoms with van der Waals surface area (Å²) in [6.45, 7) is 1.97. The van der Waals surface area contributed by atoms with E-state index in [9.17, 15) is 4.79 Å². The van der Waals surface area contributed by atoms with E-state index in [0.29, 0.717) is 23.3 Å². The maximum atomic E-state index is 11.1. The van der Waals surface area contributed by atoms with Gasteiger partial charge in [-0.1, -0.05) is 6.92 Å². The van der Waals surface area contributed by atoms with E-state index >= 15 is 0 Å². The predicted octanol–water partition coefficient (Wildman–Crippen LogP) is 1.92. The van der Waals surface area contributed by atoms with Gasteiger partial charge >= 0.3 is 5.76 Å². The third-order valence-corrected chi connectivity index (χ3v) is 2.73. The van der Waals surface area contributed by atoms with Crippen molar-refractivity contribution in [1.29, 1.82) is 0 Å². The lowest BCUT2D eigenvalue weighted by Crippen LogP contribution is -1.92. The van der Waals surface area contributed by atoms with Gasteiger partial charge < -0.3 is 14.6 Å². The molecule has 0 aliphatic rings. The normalized spacial score (nSPS) is 11.2. The lowest BCUT2D eigenvalue weighted by atomic mass is 10.1. The minimum atomic E-state index is -0.477. The summed E-state index contributed by atoms with van der Waals surface area (Å²) < 4.78 is 10.4. The minimum absolute atomic E-state index is 0.137. The number of hydrogen-bond acceptors (Lipinski definition) is 5. The topological polar surface area (TPSA) is 98.0 Å². The SMILES string of the molecule is CCc1nc(N)oc1-c1ccc2[nH]c(=O)oc2c1. The molecular weight excluding hydrogens is 234 g/mol. The average Bonchev–Trinajstić information content (AvgIpc) is 2.89. The van der Waals surface area contributed by atoms with E-state index in [2.05, 4.69) is 9.97 Å². The number of aromatic nitrogens is 2. The molecule has 6 heteroatoms. The molecule has 2 aromatic heterocycles. The van der Waals surface area contributed by atoms with E-state index < -0.39 is 5.76 Å². The Labute approximate surface area is 101 Å². The Hall–Kier alpha value is -2.50. The molecule has 92 valence electrons. The van der Waals surface area contributed by atoms with Gasteiger partial charge in [-0.2, -0.15) is 4.98 Å². The van der Waals surface area contributed by atoms with Gasteiger partial charge in [0.15, 0.2) is 11.3 Å². The summed E-state index contributed by atoms with van der Waals surface area (Å²) >= 11 is 0. The van der Waals surface area contributed by atoms with Crippen LogP contribution in [0.25, 0.3) is 22.4 Å². The van der Waals surface area contributed by atoms with E-state index in [0.717, 1.165) is 11.3 Å². The number of nitrogens with one attached hydrogen (secondary N) is 1. The Balaban J connectivity index is 2.21. The highest BCUT2D eigenvalue weighted by Gasteiger charge is 2.13. The standard InChI is InChI=1S/C12H11N3O3/c1-2-7-10(18-11(13)14-7)6-3-4-8-9(5-6)17-12(16)15-8/h3-5H,2H2,1H3,(H2,13,14)(H,15,16). The summed E-state index contributed by atoms with van der Waals surface area (Å²) in [7, 11) is 0. The Morgan fingerprint density at radius 1 is 1.39 bits per heavy atom. The van der Waals surface area contributed by atoms with Gasteiger partial charge in [-0.15, -0.1) is 0 Å². The molecule has 18 heavy (non-hydrogen) atoms. The monoisotopic (exact) mass is 245 g/mol. The lowest BCUT2D eigenvalue weighted by Gasteiger charge is -1.98. The fourth-order valence-electron chi connectivity index (χ4n) is 1.92. The number of nitrogens with two attached hydrogens (primary N) is 1. The van der Waals surface area contributed by atoms with E-state index in [1.807, 2.05) is 13.0 Å². The van der Waals surface area contributed by atoms with Crippen molar-refractivity contribution >= 4 is 17.1 Å². The van der Waals surface area contributed by atoms with Crippen LogP contribution in [0.15, 0.2) is 31.8 Å². The smallest absolute Gasteiger partial charge is 0.417 e. The molecule has 0 saturated carbocycles. The number of oxazole rings is 2. The first-order chi connectivity index (χ1) is 8.67. The average molecular weight is 245 g/mol. The van der Waals surface area contributed by atoms with Crippen LogP contribution in [0.2, 0.25) is 0 Å². The molecule has 0 unspecified atom stereocenters. The molecule has 0 bridgehead atoms. The number of nitrogens with zero attached hydrogens (tertiary/aromatic N) is 1. The van der Waals surface area contributed by atoms with Crippen LogP contribution in [-0.4, -0.2) is 9.97 Å². The van der Waals surface area contributed by atoms with Gasteiger partial charge in [0.1, 0.15) is 0 Å². The molecule has 0 amide bonds. The third kappa shape index (κ3) is 1.58. The van der Waals surface area contributed by atoms with E-state index in [4.69, 9.17) is 14.6 Å². The zero-order valence-electron chi connectivity index (χ0n) is 9.69. The summed E-state index contributed by atoms with van der Waals surface area (Å²) in [6, 6.07) is 5.45. The van der Waals surface area contributed by atoms with Crippen molar-refractivity contribution in [3.05, 3.63) is 34.4 Å². The summed E-state index contributed by atoms with van der Waals surface area (Å²) in [4.78, 5) is 17.8. The van der Waals surface area contributed by atoms with Crippen LogP contribution >= 0.6 is 0 Å². The molecular formula is C12H11N3O3. The van der Waals surface area contributed by atoms with Crippen molar-refractivity contribution in [2.24, 2.45) is 0 Å². The third-order valence-electron chi connectivity index (χ3n) is 2.73. The number of anilines is 1. The summed E-state index contributed by atoms with van der Waals surface area (Å²) in [5, 5.41) is 0. The Morgan fingerprint density at radius 3 is 3.00 bits per heavy atom. The molecule has 2 heterocycles. The van der Waals surface area contributed by atoms with Crippen LogP contribution in [0.4, 0.5) is 6.01 Å². The van der Waals surface area contributed by atoms with Crippen LogP contribution in [0.1, 0.15) is 12.6 Å². The highest BCUT2D eigenvalue weighted by molar-refractivity contribution is 5.79. The number of nitrogen functional groups attached to an aromatic ring is 1. The Kier molecular flexibility index (Phi) is 2.22. The number of rotatable bonds is 2. The first-order valence-electron chi connectivity index (χ1n) is 5.56. The highest BCUT2D eigenvalue weighted by Crippen LogP contribution is 2.28. The van der Waals surface area contributed by atoms with E-state index in [1.165, 1.54) is 0 Å². The largest absolute Gasteiger partial charge is 0.423 e. The predicted molar refractivity (Wildman–Crippen MR) is 66.1 cm³/mol. The zero-order valence-corrected chi connectivity index (χ0v) is 9.69. The maximum absolute atomic E-state index is 11.1. The quantitative estimate of drug-likeness (QED) is 0.718. The van der Waals surface area contributed by atoms with Crippen molar-refractivity contribution < 1.29 is 8.83 Å². The van der Waals surface area contributed by atoms with Gasteiger partial charge in [0, 0.05) is 5.56 Å². The molecule has 0 aliphatic heterocycles. The van der Waals surface area contributed by atoms with Crippen molar-refractivity contribution in [1.82, 2.24) is 9.97 Å². The lowest BCUT2D eigenvalue weighted by molar-refractivity contribution is 0.555. The molecule has 1 aromatic carbocycles. The fourth-order valence-corrected chi connectivity index (χ4v) is 1.92. The molecule has 0 fully saturated rings. The molecule has 0 saturated heterocycles. The second-order valence-electron chi connectivity index (χ2n) is 3.91. The second kappa shape index (κ2) is 3.76. The molecule has 6 nitrogen and oxygen atoms in total. The first kappa shape index (κ1) is 10.6. The minimum Gasteiger partial charge on any atom is -0.423 e. The van der Waals surface area contributed by atoms with Crippen molar-refractivity contribution in [3.8, 4) is 11.3 Å². The van der Waals surface area contributed by atoms with Crippen LogP contribution < -0.4 is 11.5 Å². The summed E-state index contributed by atoms with van der Waals surface area (Å²) in [5.41, 5.74) is 8.25. The number of fused-ring (bicyclic) bond motifs is 1. The van der Waals surface area contributed by atoms with Crippen LogP contribution in [-0.2, 0) is 6.42 Å². The van der Waals surface area contributed by atoms with Gasteiger partial charge in [-0.3, -0.25) is 4.98 Å². The number of hydrogen-bond donors (Lipinski definition) is 2. The molecule has 3 rings (SSSR count). The summed E-state index contributed by atoms with van der Waals surface area (Å²) in [5.74, 6) is 0.135. The van der Waals surface area contributed by atoms with Crippen molar-refractivity contribution in [2.45, 2.75) is 13.3 Å². The van der Waals surface area contributed by atoms with Crippen molar-refractivity contribution in [3.63, 3.8) is 0 Å². The Morgan fingerprint density at radius 2 is 2.22 bits per heavy atom. The number of benzene rings is 1. The molecule has 0 radical (unpaired) electrons. The van der Waals surface area contributed by atoms with E-state index in [-0.39, 0.29) is 6.01 Å². The molecule has 0 aliphatic carbocycles. The van der Waals surface area contributed by atoms with E-state index in [1.54, 1.807) is 12.1 Å². The number of H-pyrrole nitrogens is 1. The Bertz CT molecular complexity index is 766. The first-order valence-corrected chi connectivity index (χ1v) is 5.56. The molecule has 3 N–H and O–H groups in total. The van der Waals surface area contributed by atoms with Gasteiger partial charge in [0.2, 0.25) is 0 Å². The number of aromatic amines is 1. The molecule has 0 spiro atoms. The van der Waals surface area contributed by atoms with Gasteiger partial charge in [-0.05, 0) is 24.6 Å². The van der Waals surface area contributed by atoms with Gasteiger partial charge in [0.25, 0.3) is 6.01 Å². The highest BCUT2D eigenvalue weighted by atomic mass is 16.4. The van der Waals surface area contributed by atoms with Crippen LogP contribution in [0.5, 0.6) is 0 Å². The molecule has 0 atom stereocenters. The van der Waals surface area contributed by atoms with Gasteiger partial charge in [0.05, 0.1) is 11.2 Å². The zero-order chi connectivity index (χ0) is 12.7. The summed E-state index contributed by atoms with van der Waals surface area (Å²) in [6.07, 6.45) is 0.713. The van der Waals surface area contributed by atoms with Crippen LogP contribution in [0.3, 0.4) is 0 Å².